The molecule has 1 unspecified atom stereocenters. The molecule has 0 aliphatic carbocycles. The van der Waals surface area contributed by atoms with Crippen LogP contribution in [0.15, 0.2) is 77.3 Å². The van der Waals surface area contributed by atoms with Gasteiger partial charge in [0, 0.05) is 16.6 Å². The standard InChI is InChI=1S/C27H28BrN3O2/c1-19-10-3-6-15-25(19)33-17-8-7-16-31-24-14-5-4-13-23(24)30-26(31)20(2)29-27(32)21-11-9-12-22(28)18-21/h3-6,9-15,18,20H,7-8,16-17H2,1-2H3,(H,29,32). The Morgan fingerprint density at radius 1 is 1.06 bits per heavy atom. The number of imidazole rings is 1. The van der Waals surface area contributed by atoms with E-state index in [9.17, 15) is 4.79 Å². The topological polar surface area (TPSA) is 56.1 Å². The number of aromatic nitrogens is 2. The van der Waals surface area contributed by atoms with Crippen LogP contribution in [0.4, 0.5) is 0 Å². The van der Waals surface area contributed by atoms with E-state index in [1.54, 1.807) is 0 Å². The number of carbonyl (C=O) groups excluding carboxylic acids is 1. The Hall–Kier alpha value is -3.12. The lowest BCUT2D eigenvalue weighted by Crippen LogP contribution is -2.28. The predicted octanol–water partition coefficient (Wildman–Crippen LogP) is 6.46. The van der Waals surface area contributed by atoms with Crippen molar-refractivity contribution in [3.8, 4) is 5.75 Å². The molecule has 0 aliphatic rings. The van der Waals surface area contributed by atoms with Crippen molar-refractivity contribution in [3.63, 3.8) is 0 Å². The molecule has 4 rings (SSSR count). The van der Waals surface area contributed by atoms with Crippen LogP contribution in [0.25, 0.3) is 11.0 Å². The van der Waals surface area contributed by atoms with Crippen LogP contribution in [0.5, 0.6) is 5.75 Å². The minimum atomic E-state index is -0.230. The van der Waals surface area contributed by atoms with Crippen LogP contribution >= 0.6 is 15.9 Å². The Labute approximate surface area is 202 Å². The van der Waals surface area contributed by atoms with E-state index >= 15 is 0 Å². The molecule has 0 saturated heterocycles. The van der Waals surface area contributed by atoms with E-state index in [0.29, 0.717) is 12.2 Å². The van der Waals surface area contributed by atoms with Crippen molar-refractivity contribution >= 4 is 32.9 Å². The molecular formula is C27H28BrN3O2. The van der Waals surface area contributed by atoms with Gasteiger partial charge >= 0.3 is 0 Å². The first kappa shape index (κ1) is 23.1. The van der Waals surface area contributed by atoms with Crippen LogP contribution in [0.2, 0.25) is 0 Å². The lowest BCUT2D eigenvalue weighted by atomic mass is 10.2. The number of benzene rings is 3. The Kier molecular flexibility index (Phi) is 7.45. The van der Waals surface area contributed by atoms with E-state index in [4.69, 9.17) is 9.72 Å². The average Bonchev–Trinajstić information content (AvgIpc) is 3.19. The molecule has 0 radical (unpaired) electrons. The summed E-state index contributed by atoms with van der Waals surface area (Å²) in [7, 11) is 0. The molecule has 1 heterocycles. The van der Waals surface area contributed by atoms with E-state index in [1.165, 1.54) is 0 Å². The normalized spacial score (nSPS) is 12.0. The zero-order valence-corrected chi connectivity index (χ0v) is 20.5. The fourth-order valence-corrected chi connectivity index (χ4v) is 4.31. The third-order valence-electron chi connectivity index (χ3n) is 5.63. The van der Waals surface area contributed by atoms with Crippen LogP contribution in [-0.4, -0.2) is 22.1 Å². The van der Waals surface area contributed by atoms with Gasteiger partial charge in [0.05, 0.1) is 23.7 Å². The molecule has 0 saturated carbocycles. The van der Waals surface area contributed by atoms with Gasteiger partial charge in [0.1, 0.15) is 11.6 Å². The number of ether oxygens (including phenoxy) is 1. The van der Waals surface area contributed by atoms with Gasteiger partial charge in [-0.15, -0.1) is 0 Å². The van der Waals surface area contributed by atoms with Gasteiger partial charge in [0.15, 0.2) is 0 Å². The van der Waals surface area contributed by atoms with Crippen molar-refractivity contribution < 1.29 is 9.53 Å². The third-order valence-corrected chi connectivity index (χ3v) is 6.13. The van der Waals surface area contributed by atoms with E-state index < -0.39 is 0 Å². The average molecular weight is 506 g/mol. The zero-order valence-electron chi connectivity index (χ0n) is 18.9. The second-order valence-electron chi connectivity index (χ2n) is 8.14. The summed E-state index contributed by atoms with van der Waals surface area (Å²) in [5.74, 6) is 1.68. The molecule has 1 N–H and O–H groups in total. The van der Waals surface area contributed by atoms with Gasteiger partial charge < -0.3 is 14.6 Å². The minimum Gasteiger partial charge on any atom is -0.493 e. The van der Waals surface area contributed by atoms with Gasteiger partial charge in [-0.05, 0) is 68.7 Å². The van der Waals surface area contributed by atoms with Gasteiger partial charge in [-0.1, -0.05) is 52.3 Å². The Morgan fingerprint density at radius 2 is 1.85 bits per heavy atom. The fourth-order valence-electron chi connectivity index (χ4n) is 3.91. The molecule has 170 valence electrons. The largest absolute Gasteiger partial charge is 0.493 e. The number of fused-ring (bicyclic) bond motifs is 1. The highest BCUT2D eigenvalue weighted by atomic mass is 79.9. The molecule has 3 aromatic carbocycles. The molecule has 33 heavy (non-hydrogen) atoms. The number of hydrogen-bond acceptors (Lipinski definition) is 3. The Bertz CT molecular complexity index is 1250. The van der Waals surface area contributed by atoms with Crippen LogP contribution in [0, 0.1) is 6.92 Å². The summed E-state index contributed by atoms with van der Waals surface area (Å²) in [4.78, 5) is 17.6. The van der Waals surface area contributed by atoms with E-state index in [-0.39, 0.29) is 11.9 Å². The summed E-state index contributed by atoms with van der Waals surface area (Å²) >= 11 is 3.43. The van der Waals surface area contributed by atoms with E-state index in [0.717, 1.165) is 52.0 Å². The summed E-state index contributed by atoms with van der Waals surface area (Å²) in [6, 6.07) is 23.4. The fraction of sp³-hybridized carbons (Fsp3) is 0.259. The summed E-state index contributed by atoms with van der Waals surface area (Å²) in [5.41, 5.74) is 3.78. The quantitative estimate of drug-likeness (QED) is 0.265. The first-order valence-corrected chi connectivity index (χ1v) is 12.0. The maximum Gasteiger partial charge on any atom is 0.251 e. The molecule has 4 aromatic rings. The number of aryl methyl sites for hydroxylation is 2. The molecule has 0 bridgehead atoms. The smallest absolute Gasteiger partial charge is 0.251 e. The van der Waals surface area contributed by atoms with Gasteiger partial charge in [-0.2, -0.15) is 0 Å². The van der Waals surface area contributed by atoms with Crippen LogP contribution < -0.4 is 10.1 Å². The maximum absolute atomic E-state index is 12.8. The number of nitrogens with zero attached hydrogens (tertiary/aromatic N) is 2. The summed E-state index contributed by atoms with van der Waals surface area (Å²) < 4.78 is 9.04. The second-order valence-corrected chi connectivity index (χ2v) is 9.05. The highest BCUT2D eigenvalue weighted by Gasteiger charge is 2.19. The summed E-state index contributed by atoms with van der Waals surface area (Å²) in [6.45, 7) is 5.52. The van der Waals surface area contributed by atoms with Crippen molar-refractivity contribution in [3.05, 3.63) is 94.2 Å². The number of rotatable bonds is 9. The number of hydrogen-bond donors (Lipinski definition) is 1. The molecule has 6 heteroatoms. The zero-order chi connectivity index (χ0) is 23.2. The molecule has 1 atom stereocenters. The number of para-hydroxylation sites is 3. The summed E-state index contributed by atoms with van der Waals surface area (Å²) in [5, 5.41) is 3.10. The molecular weight excluding hydrogens is 478 g/mol. The van der Waals surface area contributed by atoms with Crippen LogP contribution in [-0.2, 0) is 6.54 Å². The number of amides is 1. The van der Waals surface area contributed by atoms with Crippen molar-refractivity contribution in [1.82, 2.24) is 14.9 Å². The first-order valence-electron chi connectivity index (χ1n) is 11.2. The SMILES string of the molecule is Cc1ccccc1OCCCCn1c(C(C)NC(=O)c2cccc(Br)c2)nc2ccccc21. The Morgan fingerprint density at radius 3 is 2.67 bits per heavy atom. The van der Waals surface area contributed by atoms with Crippen LogP contribution in [0.1, 0.15) is 47.6 Å². The van der Waals surface area contributed by atoms with Gasteiger partial charge in [-0.3, -0.25) is 4.79 Å². The number of carbonyl (C=O) groups is 1. The minimum absolute atomic E-state index is 0.117. The monoisotopic (exact) mass is 505 g/mol. The van der Waals surface area contributed by atoms with Gasteiger partial charge in [-0.25, -0.2) is 4.98 Å². The van der Waals surface area contributed by atoms with Crippen LogP contribution in [0.3, 0.4) is 0 Å². The second kappa shape index (κ2) is 10.7. The number of halogens is 1. The molecule has 0 fully saturated rings. The molecule has 1 aromatic heterocycles. The van der Waals surface area contributed by atoms with Crippen molar-refractivity contribution in [2.24, 2.45) is 0 Å². The number of nitrogens with one attached hydrogen (secondary N) is 1. The van der Waals surface area contributed by atoms with Crippen molar-refractivity contribution in [1.29, 1.82) is 0 Å². The van der Waals surface area contributed by atoms with Gasteiger partial charge in [0.2, 0.25) is 0 Å². The lowest BCUT2D eigenvalue weighted by Gasteiger charge is -2.17. The number of unbranched alkanes of at least 4 members (excludes halogenated alkanes) is 1. The lowest BCUT2D eigenvalue weighted by molar-refractivity contribution is 0.0937. The highest BCUT2D eigenvalue weighted by molar-refractivity contribution is 9.10. The van der Waals surface area contributed by atoms with E-state index in [2.05, 4.69) is 44.9 Å². The molecule has 0 spiro atoms. The molecule has 1 amide bonds. The predicted molar refractivity (Wildman–Crippen MR) is 136 cm³/mol. The molecule has 0 aliphatic heterocycles. The maximum atomic E-state index is 12.8. The third kappa shape index (κ3) is 5.63. The van der Waals surface area contributed by atoms with Crippen molar-refractivity contribution in [2.45, 2.75) is 39.3 Å². The van der Waals surface area contributed by atoms with E-state index in [1.807, 2.05) is 67.6 Å². The molecule has 5 nitrogen and oxygen atoms in total. The van der Waals surface area contributed by atoms with Crippen molar-refractivity contribution in [2.75, 3.05) is 6.61 Å². The van der Waals surface area contributed by atoms with Gasteiger partial charge in [0.25, 0.3) is 5.91 Å². The summed E-state index contributed by atoms with van der Waals surface area (Å²) in [6.07, 6.45) is 1.88. The first-order chi connectivity index (χ1) is 16.0. The highest BCUT2D eigenvalue weighted by Crippen LogP contribution is 2.23. The Balaban J connectivity index is 1.44.